The molecule has 1 aromatic rings. The molecule has 0 spiro atoms. The van der Waals surface area contributed by atoms with E-state index in [-0.39, 0.29) is 0 Å². The molecule has 1 unspecified atom stereocenters. The monoisotopic (exact) mass is 230 g/mol. The molecule has 0 aromatic carbocycles. The topological polar surface area (TPSA) is 24.9 Å². The molecule has 0 aliphatic rings. The molecule has 0 aliphatic carbocycles. The minimum absolute atomic E-state index is 0.619. The number of hydrogen-bond donors (Lipinski definition) is 1. The third-order valence-electron chi connectivity index (χ3n) is 1.93. The molecule has 1 rings (SSSR count). The van der Waals surface area contributed by atoms with E-state index in [1.54, 1.807) is 11.3 Å². The van der Waals surface area contributed by atoms with E-state index >= 15 is 0 Å². The third kappa shape index (κ3) is 4.44. The fourth-order valence-electron chi connectivity index (χ4n) is 1.17. The highest BCUT2D eigenvalue weighted by atomic mass is 32.2. The molecule has 80 valence electrons. The van der Waals surface area contributed by atoms with Gasteiger partial charge >= 0.3 is 0 Å². The van der Waals surface area contributed by atoms with E-state index in [0.717, 1.165) is 18.0 Å². The van der Waals surface area contributed by atoms with Crippen molar-refractivity contribution < 1.29 is 0 Å². The van der Waals surface area contributed by atoms with E-state index in [0.29, 0.717) is 6.04 Å². The fourth-order valence-corrected chi connectivity index (χ4v) is 3.21. The van der Waals surface area contributed by atoms with Gasteiger partial charge in [-0.1, -0.05) is 18.7 Å². The third-order valence-corrected chi connectivity index (χ3v) is 4.10. The van der Waals surface area contributed by atoms with Crippen molar-refractivity contribution in [2.24, 2.45) is 0 Å². The number of thiazole rings is 1. The van der Waals surface area contributed by atoms with Crippen molar-refractivity contribution in [1.29, 1.82) is 0 Å². The predicted molar refractivity (Wildman–Crippen MR) is 65.3 cm³/mol. The Morgan fingerprint density at radius 3 is 3.00 bits per heavy atom. The Morgan fingerprint density at radius 2 is 2.43 bits per heavy atom. The lowest BCUT2D eigenvalue weighted by molar-refractivity contribution is 0.556. The Hall–Kier alpha value is -0.0600. The van der Waals surface area contributed by atoms with Gasteiger partial charge in [-0.15, -0.1) is 11.3 Å². The van der Waals surface area contributed by atoms with Gasteiger partial charge in [0.2, 0.25) is 0 Å². The quantitative estimate of drug-likeness (QED) is 0.761. The van der Waals surface area contributed by atoms with Gasteiger partial charge in [-0.25, -0.2) is 4.98 Å². The van der Waals surface area contributed by atoms with Gasteiger partial charge in [0.05, 0.1) is 0 Å². The summed E-state index contributed by atoms with van der Waals surface area (Å²) < 4.78 is 1.20. The van der Waals surface area contributed by atoms with E-state index in [1.807, 2.05) is 18.7 Å². The van der Waals surface area contributed by atoms with Crippen LogP contribution in [0.5, 0.6) is 0 Å². The number of thioether (sulfide) groups is 1. The first-order chi connectivity index (χ1) is 6.72. The first kappa shape index (κ1) is 12.0. The summed E-state index contributed by atoms with van der Waals surface area (Å²) in [7, 11) is 0. The van der Waals surface area contributed by atoms with Crippen molar-refractivity contribution >= 4 is 23.1 Å². The molecule has 1 heterocycles. The van der Waals surface area contributed by atoms with Crippen molar-refractivity contribution in [2.75, 3.05) is 12.3 Å². The van der Waals surface area contributed by atoms with Crippen LogP contribution in [0.1, 0.15) is 26.0 Å². The molecular formula is C10H18N2S2. The lowest BCUT2D eigenvalue weighted by Crippen LogP contribution is -2.25. The molecule has 0 saturated heterocycles. The van der Waals surface area contributed by atoms with Crippen LogP contribution in [0.4, 0.5) is 0 Å². The van der Waals surface area contributed by atoms with Crippen LogP contribution in [0.25, 0.3) is 0 Å². The average Bonchev–Trinajstić information content (AvgIpc) is 2.52. The molecule has 4 heteroatoms. The predicted octanol–water partition coefficient (Wildman–Crippen LogP) is 2.93. The average molecular weight is 230 g/mol. The minimum atomic E-state index is 0.619. The number of nitrogens with zero attached hydrogens (tertiary/aromatic N) is 1. The van der Waals surface area contributed by atoms with Crippen molar-refractivity contribution in [3.63, 3.8) is 0 Å². The van der Waals surface area contributed by atoms with E-state index in [1.165, 1.54) is 10.8 Å². The lowest BCUT2D eigenvalue weighted by atomic mass is 10.3. The standard InChI is InChI=1S/C10H18N2S2/c1-4-11-8(2)5-6-13-10-12-9(3)7-14-10/h7-8,11H,4-6H2,1-3H3. The molecule has 1 N–H and O–H groups in total. The number of rotatable bonds is 6. The minimum Gasteiger partial charge on any atom is -0.315 e. The Morgan fingerprint density at radius 1 is 1.64 bits per heavy atom. The SMILES string of the molecule is CCNC(C)CCSc1nc(C)cs1. The summed E-state index contributed by atoms with van der Waals surface area (Å²) in [4.78, 5) is 4.41. The summed E-state index contributed by atoms with van der Waals surface area (Å²) in [5.74, 6) is 1.15. The highest BCUT2D eigenvalue weighted by Gasteiger charge is 2.02. The Kier molecular flexibility index (Phi) is 5.52. The number of aromatic nitrogens is 1. The lowest BCUT2D eigenvalue weighted by Gasteiger charge is -2.10. The van der Waals surface area contributed by atoms with Crippen LogP contribution in [-0.2, 0) is 0 Å². The van der Waals surface area contributed by atoms with Gasteiger partial charge < -0.3 is 5.32 Å². The van der Waals surface area contributed by atoms with Gasteiger partial charge in [-0.05, 0) is 26.8 Å². The zero-order chi connectivity index (χ0) is 10.4. The molecule has 14 heavy (non-hydrogen) atoms. The first-order valence-electron chi connectivity index (χ1n) is 5.00. The highest BCUT2D eigenvalue weighted by molar-refractivity contribution is 8.01. The fraction of sp³-hybridized carbons (Fsp3) is 0.700. The summed E-state index contributed by atoms with van der Waals surface area (Å²) in [6.07, 6.45) is 1.21. The van der Waals surface area contributed by atoms with E-state index in [4.69, 9.17) is 0 Å². The Labute approximate surface area is 94.5 Å². The van der Waals surface area contributed by atoms with Crippen LogP contribution >= 0.6 is 23.1 Å². The maximum Gasteiger partial charge on any atom is 0.150 e. The molecule has 0 radical (unpaired) electrons. The molecule has 1 aromatic heterocycles. The highest BCUT2D eigenvalue weighted by Crippen LogP contribution is 2.23. The van der Waals surface area contributed by atoms with Crippen LogP contribution in [0.3, 0.4) is 0 Å². The maximum absolute atomic E-state index is 4.41. The summed E-state index contributed by atoms with van der Waals surface area (Å²) in [5.41, 5.74) is 1.14. The van der Waals surface area contributed by atoms with Crippen LogP contribution in [-0.4, -0.2) is 23.3 Å². The molecule has 0 aliphatic heterocycles. The smallest absolute Gasteiger partial charge is 0.150 e. The van der Waals surface area contributed by atoms with Crippen LogP contribution < -0.4 is 5.32 Å². The molecule has 2 nitrogen and oxygen atoms in total. The van der Waals surface area contributed by atoms with Gasteiger partial charge in [0.1, 0.15) is 4.34 Å². The second kappa shape index (κ2) is 6.43. The van der Waals surface area contributed by atoms with Crippen LogP contribution in [0, 0.1) is 6.92 Å². The second-order valence-electron chi connectivity index (χ2n) is 3.35. The largest absolute Gasteiger partial charge is 0.315 e. The zero-order valence-corrected chi connectivity index (χ0v) is 10.7. The number of hydrogen-bond acceptors (Lipinski definition) is 4. The van der Waals surface area contributed by atoms with Crippen molar-refractivity contribution in [1.82, 2.24) is 10.3 Å². The molecular weight excluding hydrogens is 212 g/mol. The molecule has 0 fully saturated rings. The van der Waals surface area contributed by atoms with Gasteiger partial charge in [0.25, 0.3) is 0 Å². The summed E-state index contributed by atoms with van der Waals surface area (Å²) >= 11 is 3.61. The zero-order valence-electron chi connectivity index (χ0n) is 9.04. The summed E-state index contributed by atoms with van der Waals surface area (Å²) in [6.45, 7) is 7.48. The number of nitrogens with one attached hydrogen (secondary N) is 1. The second-order valence-corrected chi connectivity index (χ2v) is 5.55. The van der Waals surface area contributed by atoms with Crippen molar-refractivity contribution in [3.8, 4) is 0 Å². The van der Waals surface area contributed by atoms with Gasteiger partial charge in [0, 0.05) is 22.9 Å². The number of aryl methyl sites for hydroxylation is 1. The van der Waals surface area contributed by atoms with Crippen molar-refractivity contribution in [3.05, 3.63) is 11.1 Å². The van der Waals surface area contributed by atoms with Gasteiger partial charge in [-0.2, -0.15) is 0 Å². The van der Waals surface area contributed by atoms with Crippen molar-refractivity contribution in [2.45, 2.75) is 37.6 Å². The molecule has 0 saturated carbocycles. The summed E-state index contributed by atoms with van der Waals surface area (Å²) in [6, 6.07) is 0.619. The first-order valence-corrected chi connectivity index (χ1v) is 6.87. The van der Waals surface area contributed by atoms with Gasteiger partial charge in [-0.3, -0.25) is 0 Å². The normalized spacial score (nSPS) is 13.1. The maximum atomic E-state index is 4.41. The Balaban J connectivity index is 2.15. The van der Waals surface area contributed by atoms with E-state index in [9.17, 15) is 0 Å². The summed E-state index contributed by atoms with van der Waals surface area (Å²) in [5, 5.41) is 5.51. The molecule has 0 bridgehead atoms. The molecule has 0 amide bonds. The van der Waals surface area contributed by atoms with E-state index < -0.39 is 0 Å². The van der Waals surface area contributed by atoms with Crippen LogP contribution in [0.2, 0.25) is 0 Å². The van der Waals surface area contributed by atoms with Crippen LogP contribution in [0.15, 0.2) is 9.72 Å². The molecule has 1 atom stereocenters. The van der Waals surface area contributed by atoms with Gasteiger partial charge in [0.15, 0.2) is 0 Å². The van der Waals surface area contributed by atoms with E-state index in [2.05, 4.69) is 29.5 Å². The Bertz CT molecular complexity index is 260.